The third-order valence-corrected chi connectivity index (χ3v) is 8.37. The fourth-order valence-electron chi connectivity index (χ4n) is 6.38. The number of anilines is 1. The summed E-state index contributed by atoms with van der Waals surface area (Å²) in [6, 6.07) is 4.12. The van der Waals surface area contributed by atoms with Crippen molar-refractivity contribution in [2.24, 2.45) is 11.1 Å². The van der Waals surface area contributed by atoms with Gasteiger partial charge < -0.3 is 20.4 Å². The highest BCUT2D eigenvalue weighted by Crippen LogP contribution is 2.45. The number of carbonyl (C=O) groups excluding carboxylic acids is 6. The molecule has 1 spiro atoms. The highest BCUT2D eigenvalue weighted by molar-refractivity contribution is 6.25. The molecule has 200 valence electrons. The topological polar surface area (TPSA) is 153 Å². The van der Waals surface area contributed by atoms with Gasteiger partial charge in [0.15, 0.2) is 0 Å². The zero-order chi connectivity index (χ0) is 26.8. The molecule has 0 aromatic heterocycles. The molecule has 6 rings (SSSR count). The average Bonchev–Trinajstić information content (AvgIpc) is 3.37. The largest absolute Gasteiger partial charge is 0.369 e. The zero-order valence-electron chi connectivity index (χ0n) is 21.0. The third kappa shape index (κ3) is 3.94. The smallest absolute Gasteiger partial charge is 0.264 e. The Morgan fingerprint density at radius 3 is 2.32 bits per heavy atom. The van der Waals surface area contributed by atoms with Gasteiger partial charge in [-0.2, -0.15) is 0 Å². The van der Waals surface area contributed by atoms with Crippen molar-refractivity contribution in [2.75, 3.05) is 44.2 Å². The number of nitrogens with two attached hydrogens (primary N) is 1. The maximum atomic E-state index is 13.3. The van der Waals surface area contributed by atoms with Crippen molar-refractivity contribution in [1.29, 1.82) is 0 Å². The minimum atomic E-state index is -1.00. The molecule has 5 aliphatic rings. The van der Waals surface area contributed by atoms with Gasteiger partial charge in [0, 0.05) is 70.0 Å². The number of piperidine rings is 1. The van der Waals surface area contributed by atoms with Gasteiger partial charge in [0.25, 0.3) is 11.8 Å². The van der Waals surface area contributed by atoms with E-state index in [1.807, 2.05) is 4.90 Å². The van der Waals surface area contributed by atoms with Crippen molar-refractivity contribution in [3.8, 4) is 0 Å². The van der Waals surface area contributed by atoms with Crippen molar-refractivity contribution >= 4 is 41.1 Å². The van der Waals surface area contributed by atoms with Crippen LogP contribution < -0.4 is 16.0 Å². The lowest BCUT2D eigenvalue weighted by Gasteiger charge is -2.61. The van der Waals surface area contributed by atoms with E-state index in [1.165, 1.54) is 0 Å². The maximum Gasteiger partial charge on any atom is 0.264 e. The maximum absolute atomic E-state index is 13.3. The molecule has 12 heteroatoms. The molecule has 4 saturated heterocycles. The lowest BCUT2D eigenvalue weighted by atomic mass is 9.72. The Morgan fingerprint density at radius 2 is 1.66 bits per heavy atom. The quantitative estimate of drug-likeness (QED) is 0.471. The van der Waals surface area contributed by atoms with Gasteiger partial charge in [0.05, 0.1) is 16.8 Å². The van der Waals surface area contributed by atoms with E-state index in [2.05, 4.69) is 5.32 Å². The first-order chi connectivity index (χ1) is 18.2. The van der Waals surface area contributed by atoms with Gasteiger partial charge in [-0.1, -0.05) is 6.07 Å². The lowest BCUT2D eigenvalue weighted by molar-refractivity contribution is -0.147. The van der Waals surface area contributed by atoms with Gasteiger partial charge in [-0.05, 0) is 25.0 Å². The van der Waals surface area contributed by atoms with Crippen molar-refractivity contribution in [3.05, 3.63) is 29.3 Å². The normalized spacial score (nSPS) is 25.9. The molecule has 38 heavy (non-hydrogen) atoms. The Balaban J connectivity index is 1.05. The van der Waals surface area contributed by atoms with Crippen LogP contribution in [0.25, 0.3) is 0 Å². The number of imide groups is 2. The van der Waals surface area contributed by atoms with Crippen LogP contribution in [0.1, 0.15) is 52.8 Å². The summed E-state index contributed by atoms with van der Waals surface area (Å²) >= 11 is 0. The second-order valence-corrected chi connectivity index (χ2v) is 11.1. The Kier molecular flexibility index (Phi) is 5.74. The van der Waals surface area contributed by atoms with Crippen LogP contribution in [0, 0.1) is 5.41 Å². The molecule has 0 aliphatic carbocycles. The molecule has 6 amide bonds. The molecule has 0 radical (unpaired) electrons. The lowest BCUT2D eigenvalue weighted by Crippen LogP contribution is -2.73. The molecule has 0 saturated carbocycles. The number of rotatable bonds is 5. The summed E-state index contributed by atoms with van der Waals surface area (Å²) in [7, 11) is 0. The van der Waals surface area contributed by atoms with Crippen LogP contribution in [-0.2, 0) is 19.2 Å². The number of fused-ring (bicyclic) bond motifs is 1. The number of carbonyl (C=O) groups is 6. The molecule has 1 aromatic carbocycles. The standard InChI is InChI=1S/C26H30N6O6/c27-15-8-9-29(10-15)20(34)6-7-21(35)31-13-26(14-31)11-30(12-26)17-3-1-2-16-22(17)25(38)32(24(16)37)18-4-5-19(33)28-23(18)36/h1-3,15,18H,4-14,27H2,(H,28,33,36)/t15-,18?/m0/s1. The number of hydrogen-bond acceptors (Lipinski definition) is 8. The average molecular weight is 523 g/mol. The number of hydrogen-bond donors (Lipinski definition) is 2. The minimum absolute atomic E-state index is 0.0196. The molecule has 2 atom stereocenters. The Labute approximate surface area is 219 Å². The number of likely N-dealkylation sites (tertiary alicyclic amines) is 2. The molecule has 5 heterocycles. The van der Waals surface area contributed by atoms with E-state index in [0.717, 1.165) is 11.3 Å². The fourth-order valence-corrected chi connectivity index (χ4v) is 6.38. The third-order valence-electron chi connectivity index (χ3n) is 8.37. The predicted octanol–water partition coefficient (Wildman–Crippen LogP) is -0.924. The molecule has 5 aliphatic heterocycles. The van der Waals surface area contributed by atoms with Crippen LogP contribution in [0.3, 0.4) is 0 Å². The van der Waals surface area contributed by atoms with E-state index in [0.29, 0.717) is 45.0 Å². The second-order valence-electron chi connectivity index (χ2n) is 11.1. The predicted molar refractivity (Wildman–Crippen MR) is 133 cm³/mol. The van der Waals surface area contributed by atoms with E-state index in [1.54, 1.807) is 28.0 Å². The first kappa shape index (κ1) is 24.5. The van der Waals surface area contributed by atoms with Gasteiger partial charge >= 0.3 is 0 Å². The van der Waals surface area contributed by atoms with Crippen LogP contribution >= 0.6 is 0 Å². The summed E-state index contributed by atoms with van der Waals surface area (Å²) in [4.78, 5) is 81.8. The molecular weight excluding hydrogens is 492 g/mol. The molecule has 3 N–H and O–H groups in total. The minimum Gasteiger partial charge on any atom is -0.369 e. The van der Waals surface area contributed by atoms with Crippen molar-refractivity contribution in [1.82, 2.24) is 20.0 Å². The zero-order valence-corrected chi connectivity index (χ0v) is 21.0. The number of nitrogens with zero attached hydrogens (tertiary/aromatic N) is 4. The molecule has 4 fully saturated rings. The first-order valence-electron chi connectivity index (χ1n) is 13.1. The number of nitrogens with one attached hydrogen (secondary N) is 1. The number of benzene rings is 1. The van der Waals surface area contributed by atoms with E-state index < -0.39 is 29.7 Å². The van der Waals surface area contributed by atoms with Crippen LogP contribution in [0.15, 0.2) is 18.2 Å². The summed E-state index contributed by atoms with van der Waals surface area (Å²) in [6.07, 6.45) is 1.35. The Bertz CT molecular complexity index is 1260. The highest BCUT2D eigenvalue weighted by atomic mass is 16.2. The van der Waals surface area contributed by atoms with E-state index >= 15 is 0 Å². The summed E-state index contributed by atoms with van der Waals surface area (Å²) in [5.41, 5.74) is 6.97. The van der Waals surface area contributed by atoms with E-state index in [9.17, 15) is 28.8 Å². The fraction of sp³-hybridized carbons (Fsp3) is 0.538. The van der Waals surface area contributed by atoms with Crippen molar-refractivity contribution in [3.63, 3.8) is 0 Å². The van der Waals surface area contributed by atoms with Gasteiger partial charge in [-0.3, -0.25) is 39.0 Å². The van der Waals surface area contributed by atoms with Gasteiger partial charge in [0.2, 0.25) is 23.6 Å². The van der Waals surface area contributed by atoms with Crippen molar-refractivity contribution in [2.45, 2.75) is 44.2 Å². The van der Waals surface area contributed by atoms with Gasteiger partial charge in [0.1, 0.15) is 6.04 Å². The molecule has 1 unspecified atom stereocenters. The SMILES string of the molecule is N[C@H]1CCN(C(=O)CCC(=O)N2CC3(C2)CN(c2cccc4c2C(=O)N(C2CCC(=O)NC2=O)C4=O)C3)C1. The van der Waals surface area contributed by atoms with E-state index in [-0.39, 0.29) is 60.1 Å². The van der Waals surface area contributed by atoms with E-state index in [4.69, 9.17) is 5.73 Å². The summed E-state index contributed by atoms with van der Waals surface area (Å²) < 4.78 is 0. The monoisotopic (exact) mass is 522 g/mol. The Morgan fingerprint density at radius 1 is 0.947 bits per heavy atom. The first-order valence-corrected chi connectivity index (χ1v) is 13.1. The summed E-state index contributed by atoms with van der Waals surface area (Å²) in [6.45, 7) is 3.66. The molecule has 0 bridgehead atoms. The van der Waals surface area contributed by atoms with Crippen LogP contribution in [0.4, 0.5) is 5.69 Å². The van der Waals surface area contributed by atoms with Gasteiger partial charge in [-0.15, -0.1) is 0 Å². The van der Waals surface area contributed by atoms with Gasteiger partial charge in [-0.25, -0.2) is 0 Å². The second kappa shape index (κ2) is 8.90. The Hall–Kier alpha value is -3.80. The van der Waals surface area contributed by atoms with Crippen LogP contribution in [-0.4, -0.2) is 101 Å². The number of amides is 6. The molecule has 1 aromatic rings. The van der Waals surface area contributed by atoms with Crippen molar-refractivity contribution < 1.29 is 28.8 Å². The molecular formula is C26H30N6O6. The summed E-state index contributed by atoms with van der Waals surface area (Å²) in [5.74, 6) is -2.16. The highest BCUT2D eigenvalue weighted by Gasteiger charge is 2.54. The van der Waals surface area contributed by atoms with Crippen LogP contribution in [0.5, 0.6) is 0 Å². The molecule has 12 nitrogen and oxygen atoms in total. The van der Waals surface area contributed by atoms with Crippen LogP contribution in [0.2, 0.25) is 0 Å². The summed E-state index contributed by atoms with van der Waals surface area (Å²) in [5, 5.41) is 2.21.